The maximum Gasteiger partial charge on any atom is 0.335 e. The smallest absolute Gasteiger partial charge is 0.335 e. The first-order chi connectivity index (χ1) is 19.4. The fourth-order valence-corrected chi connectivity index (χ4v) is 5.23. The molecule has 1 heterocycles. The molecule has 1 aliphatic heterocycles. The molecule has 1 fully saturated rings. The second-order valence-corrected chi connectivity index (χ2v) is 10.0. The molecule has 0 saturated carbocycles. The standard InChI is InChI=1S/C31H25IN2O6/c1-3-39-23-13-11-22(12-14-23)34-30(36)25(29(35)33-31(34)37)15-19-16-26(32)28(27(17-19)38-2)40-18-21-9-6-8-20-7-4-5-10-24(20)21/h4-17H,3,18H2,1-2H3,(H,33,35,37)/b25-15+. The number of hydrogen-bond donors (Lipinski definition) is 1. The number of imide groups is 2. The van der Waals surface area contributed by atoms with Crippen LogP contribution in [0.1, 0.15) is 18.1 Å². The number of nitrogens with zero attached hydrogens (tertiary/aromatic N) is 1. The van der Waals surface area contributed by atoms with E-state index in [0.29, 0.717) is 41.7 Å². The van der Waals surface area contributed by atoms with E-state index >= 15 is 0 Å². The van der Waals surface area contributed by atoms with Crippen LogP contribution in [0.3, 0.4) is 0 Å². The zero-order chi connectivity index (χ0) is 28.2. The average Bonchev–Trinajstić information content (AvgIpc) is 2.95. The number of fused-ring (bicyclic) bond motifs is 1. The summed E-state index contributed by atoms with van der Waals surface area (Å²) in [6.45, 7) is 2.67. The zero-order valence-electron chi connectivity index (χ0n) is 21.8. The summed E-state index contributed by atoms with van der Waals surface area (Å²) in [5, 5.41) is 4.48. The van der Waals surface area contributed by atoms with Crippen LogP contribution in [0.15, 0.2) is 84.4 Å². The summed E-state index contributed by atoms with van der Waals surface area (Å²) >= 11 is 2.13. The molecule has 0 atom stereocenters. The number of halogens is 1. The molecule has 1 aliphatic rings. The molecule has 4 aromatic carbocycles. The number of ether oxygens (including phenoxy) is 3. The Bertz CT molecular complexity index is 1640. The van der Waals surface area contributed by atoms with Crippen molar-refractivity contribution in [1.29, 1.82) is 0 Å². The van der Waals surface area contributed by atoms with Gasteiger partial charge in [0.1, 0.15) is 17.9 Å². The van der Waals surface area contributed by atoms with E-state index in [1.165, 1.54) is 13.2 Å². The Morgan fingerprint density at radius 1 is 0.925 bits per heavy atom. The molecule has 9 heteroatoms. The van der Waals surface area contributed by atoms with E-state index in [4.69, 9.17) is 14.2 Å². The van der Waals surface area contributed by atoms with Gasteiger partial charge in [0.15, 0.2) is 11.5 Å². The number of methoxy groups -OCH3 is 1. The van der Waals surface area contributed by atoms with Crippen LogP contribution >= 0.6 is 22.6 Å². The lowest BCUT2D eigenvalue weighted by atomic mass is 10.1. The van der Waals surface area contributed by atoms with Crippen LogP contribution < -0.4 is 24.4 Å². The molecule has 0 unspecified atom stereocenters. The van der Waals surface area contributed by atoms with E-state index in [0.717, 1.165) is 24.8 Å². The molecule has 40 heavy (non-hydrogen) atoms. The summed E-state index contributed by atoms with van der Waals surface area (Å²) in [5.74, 6) is 0.0869. The first-order valence-electron chi connectivity index (χ1n) is 12.5. The van der Waals surface area contributed by atoms with Crippen LogP contribution in [-0.4, -0.2) is 31.6 Å². The first-order valence-corrected chi connectivity index (χ1v) is 13.6. The minimum atomic E-state index is -0.819. The van der Waals surface area contributed by atoms with Crippen molar-refractivity contribution in [2.24, 2.45) is 0 Å². The van der Waals surface area contributed by atoms with Crippen molar-refractivity contribution in [2.45, 2.75) is 13.5 Å². The van der Waals surface area contributed by atoms with Gasteiger partial charge in [-0.1, -0.05) is 42.5 Å². The average molecular weight is 648 g/mol. The van der Waals surface area contributed by atoms with E-state index in [1.54, 1.807) is 36.4 Å². The van der Waals surface area contributed by atoms with Gasteiger partial charge < -0.3 is 14.2 Å². The predicted octanol–water partition coefficient (Wildman–Crippen LogP) is 6.10. The Hall–Kier alpha value is -4.38. The minimum Gasteiger partial charge on any atom is -0.494 e. The number of hydrogen-bond acceptors (Lipinski definition) is 6. The molecular formula is C31H25IN2O6. The predicted molar refractivity (Wildman–Crippen MR) is 161 cm³/mol. The molecule has 1 N–H and O–H groups in total. The highest BCUT2D eigenvalue weighted by atomic mass is 127. The third-order valence-corrected chi connectivity index (χ3v) is 7.12. The highest BCUT2D eigenvalue weighted by Crippen LogP contribution is 2.36. The Labute approximate surface area is 244 Å². The van der Waals surface area contributed by atoms with Crippen LogP contribution in [0.2, 0.25) is 0 Å². The van der Waals surface area contributed by atoms with Crippen molar-refractivity contribution in [3.63, 3.8) is 0 Å². The molecule has 0 radical (unpaired) electrons. The number of carbonyl (C=O) groups excluding carboxylic acids is 3. The molecule has 1 saturated heterocycles. The zero-order valence-corrected chi connectivity index (χ0v) is 23.9. The van der Waals surface area contributed by atoms with Gasteiger partial charge in [0.25, 0.3) is 11.8 Å². The Morgan fingerprint density at radius 2 is 1.68 bits per heavy atom. The van der Waals surface area contributed by atoms with Gasteiger partial charge in [-0.3, -0.25) is 14.9 Å². The molecule has 4 aromatic rings. The topological polar surface area (TPSA) is 94.2 Å². The molecule has 0 aliphatic carbocycles. The molecule has 202 valence electrons. The number of anilines is 1. The van der Waals surface area contributed by atoms with Crippen molar-refractivity contribution in [3.05, 3.63) is 99.1 Å². The molecular weight excluding hydrogens is 623 g/mol. The van der Waals surface area contributed by atoms with Crippen molar-refractivity contribution in [3.8, 4) is 17.2 Å². The fraction of sp³-hybridized carbons (Fsp3) is 0.129. The summed E-state index contributed by atoms with van der Waals surface area (Å²) in [5.41, 5.74) is 1.70. The molecule has 5 rings (SSSR count). The number of barbiturate groups is 1. The molecule has 0 aromatic heterocycles. The van der Waals surface area contributed by atoms with Gasteiger partial charge in [-0.15, -0.1) is 0 Å². The Morgan fingerprint density at radius 3 is 2.42 bits per heavy atom. The number of amides is 4. The normalized spacial score (nSPS) is 14.4. The van der Waals surface area contributed by atoms with Crippen LogP contribution in [0.5, 0.6) is 17.2 Å². The van der Waals surface area contributed by atoms with Gasteiger partial charge in [0.2, 0.25) is 0 Å². The second kappa shape index (κ2) is 11.8. The van der Waals surface area contributed by atoms with Gasteiger partial charge in [0.05, 0.1) is 23.0 Å². The molecule has 4 amide bonds. The number of benzene rings is 4. The van der Waals surface area contributed by atoms with Crippen molar-refractivity contribution in [2.75, 3.05) is 18.6 Å². The minimum absolute atomic E-state index is 0.184. The Kier molecular flexibility index (Phi) is 8.01. The number of carbonyl (C=O) groups is 3. The fourth-order valence-electron chi connectivity index (χ4n) is 4.45. The number of urea groups is 1. The highest BCUT2D eigenvalue weighted by Gasteiger charge is 2.37. The van der Waals surface area contributed by atoms with Crippen LogP contribution in [0.4, 0.5) is 10.5 Å². The lowest BCUT2D eigenvalue weighted by molar-refractivity contribution is -0.122. The van der Waals surface area contributed by atoms with Crippen LogP contribution in [0.25, 0.3) is 16.8 Å². The highest BCUT2D eigenvalue weighted by molar-refractivity contribution is 14.1. The SMILES string of the molecule is CCOc1ccc(N2C(=O)NC(=O)/C(=C\c3cc(I)c(OCc4cccc5ccccc45)c(OC)c3)C2=O)cc1. The quantitative estimate of drug-likeness (QED) is 0.141. The number of rotatable bonds is 8. The van der Waals surface area contributed by atoms with Crippen molar-refractivity contribution >= 4 is 63.0 Å². The van der Waals surface area contributed by atoms with E-state index < -0.39 is 17.8 Å². The van der Waals surface area contributed by atoms with Crippen LogP contribution in [0, 0.1) is 3.57 Å². The van der Waals surface area contributed by atoms with E-state index in [2.05, 4.69) is 46.1 Å². The molecule has 8 nitrogen and oxygen atoms in total. The summed E-state index contributed by atoms with van der Waals surface area (Å²) in [4.78, 5) is 39.5. The van der Waals surface area contributed by atoms with Gasteiger partial charge in [-0.2, -0.15) is 0 Å². The first kappa shape index (κ1) is 27.2. The number of nitrogens with one attached hydrogen (secondary N) is 1. The third kappa shape index (κ3) is 5.50. The van der Waals surface area contributed by atoms with E-state index in [1.807, 2.05) is 31.2 Å². The monoisotopic (exact) mass is 648 g/mol. The third-order valence-electron chi connectivity index (χ3n) is 6.32. The molecule has 0 spiro atoms. The summed E-state index contributed by atoms with van der Waals surface area (Å²) < 4.78 is 18.0. The van der Waals surface area contributed by atoms with Gasteiger partial charge in [-0.05, 0) is 93.9 Å². The maximum absolute atomic E-state index is 13.3. The Balaban J connectivity index is 1.42. The second-order valence-electron chi connectivity index (χ2n) is 8.85. The summed E-state index contributed by atoms with van der Waals surface area (Å²) in [7, 11) is 1.53. The van der Waals surface area contributed by atoms with Gasteiger partial charge in [-0.25, -0.2) is 9.69 Å². The summed E-state index contributed by atoms with van der Waals surface area (Å²) in [6, 6.07) is 23.3. The van der Waals surface area contributed by atoms with Crippen LogP contribution in [-0.2, 0) is 16.2 Å². The van der Waals surface area contributed by atoms with Gasteiger partial charge in [0, 0.05) is 0 Å². The lowest BCUT2D eigenvalue weighted by Crippen LogP contribution is -2.54. The lowest BCUT2D eigenvalue weighted by Gasteiger charge is -2.26. The molecule has 0 bridgehead atoms. The van der Waals surface area contributed by atoms with Crippen molar-refractivity contribution < 1.29 is 28.6 Å². The van der Waals surface area contributed by atoms with E-state index in [-0.39, 0.29) is 5.57 Å². The summed E-state index contributed by atoms with van der Waals surface area (Å²) in [6.07, 6.45) is 1.44. The van der Waals surface area contributed by atoms with Gasteiger partial charge >= 0.3 is 6.03 Å². The maximum atomic E-state index is 13.3. The largest absolute Gasteiger partial charge is 0.494 e. The van der Waals surface area contributed by atoms with Crippen molar-refractivity contribution in [1.82, 2.24) is 5.32 Å². The van der Waals surface area contributed by atoms with E-state index in [9.17, 15) is 14.4 Å².